The average Bonchev–Trinajstić information content (AvgIpc) is 2.77. The molecule has 0 bridgehead atoms. The fourth-order valence-electron chi connectivity index (χ4n) is 1.66. The molecule has 0 fully saturated rings. The number of halogens is 1. The molecule has 0 atom stereocenters. The average molecular weight is 296 g/mol. The third-order valence-corrected chi connectivity index (χ3v) is 3.60. The number of amides is 3. The molecule has 2 aromatic rings. The lowest BCUT2D eigenvalue weighted by Crippen LogP contribution is -2.20. The first kappa shape index (κ1) is 13.4. The van der Waals surface area contributed by atoms with Crippen LogP contribution in [0.15, 0.2) is 29.6 Å². The number of thiophene rings is 1. The van der Waals surface area contributed by atoms with E-state index in [0.717, 1.165) is 0 Å². The van der Waals surface area contributed by atoms with Crippen molar-refractivity contribution in [2.45, 2.75) is 0 Å². The fraction of sp³-hybridized carbons (Fsp3) is 0. The minimum absolute atomic E-state index is 0.389. The van der Waals surface area contributed by atoms with E-state index in [9.17, 15) is 9.59 Å². The van der Waals surface area contributed by atoms with Crippen molar-refractivity contribution in [2.24, 2.45) is 11.5 Å². The molecule has 0 spiro atoms. The minimum Gasteiger partial charge on any atom is -0.366 e. The third kappa shape index (κ3) is 2.86. The lowest BCUT2D eigenvalue weighted by molar-refractivity contribution is 0.100. The number of hydrogen-bond acceptors (Lipinski definition) is 3. The Balaban J connectivity index is 2.58. The van der Waals surface area contributed by atoms with Gasteiger partial charge in [-0.15, -0.1) is 11.3 Å². The van der Waals surface area contributed by atoms with Gasteiger partial charge in [0, 0.05) is 15.5 Å². The SMILES string of the molecule is NC(=O)Nc1cc(Cl)ccc1-c1sccc1C(N)=O. The van der Waals surface area contributed by atoms with E-state index < -0.39 is 11.9 Å². The van der Waals surface area contributed by atoms with Gasteiger partial charge in [-0.25, -0.2) is 4.79 Å². The summed E-state index contributed by atoms with van der Waals surface area (Å²) in [6, 6.07) is 5.84. The number of rotatable bonds is 3. The molecular weight excluding hydrogens is 286 g/mol. The van der Waals surface area contributed by atoms with Crippen molar-refractivity contribution in [3.8, 4) is 10.4 Å². The molecule has 0 saturated carbocycles. The third-order valence-electron chi connectivity index (χ3n) is 2.41. The van der Waals surface area contributed by atoms with E-state index >= 15 is 0 Å². The van der Waals surface area contributed by atoms with Gasteiger partial charge in [-0.2, -0.15) is 0 Å². The Kier molecular flexibility index (Phi) is 3.73. The molecule has 2 rings (SSSR count). The number of hydrogen-bond donors (Lipinski definition) is 3. The minimum atomic E-state index is -0.708. The molecular formula is C12H10ClN3O2S. The highest BCUT2D eigenvalue weighted by Gasteiger charge is 2.15. The summed E-state index contributed by atoms with van der Waals surface area (Å²) < 4.78 is 0. The molecule has 98 valence electrons. The van der Waals surface area contributed by atoms with Gasteiger partial charge in [0.15, 0.2) is 0 Å². The van der Waals surface area contributed by atoms with Gasteiger partial charge in [0.25, 0.3) is 0 Å². The summed E-state index contributed by atoms with van der Waals surface area (Å²) in [5.41, 5.74) is 11.9. The molecule has 0 aliphatic rings. The highest BCUT2D eigenvalue weighted by atomic mass is 35.5. The van der Waals surface area contributed by atoms with Crippen molar-refractivity contribution in [3.63, 3.8) is 0 Å². The summed E-state index contributed by atoms with van der Waals surface area (Å²) in [5.74, 6) is -0.531. The number of nitrogens with one attached hydrogen (secondary N) is 1. The van der Waals surface area contributed by atoms with E-state index in [1.807, 2.05) is 0 Å². The van der Waals surface area contributed by atoms with Crippen molar-refractivity contribution >= 4 is 40.6 Å². The summed E-state index contributed by atoms with van der Waals surface area (Å²) in [6.45, 7) is 0. The zero-order chi connectivity index (χ0) is 14.0. The zero-order valence-electron chi connectivity index (χ0n) is 9.64. The highest BCUT2D eigenvalue weighted by molar-refractivity contribution is 7.14. The first-order chi connectivity index (χ1) is 8.99. The maximum atomic E-state index is 11.3. The zero-order valence-corrected chi connectivity index (χ0v) is 11.2. The van der Waals surface area contributed by atoms with E-state index in [1.54, 1.807) is 29.6 Å². The van der Waals surface area contributed by atoms with E-state index in [4.69, 9.17) is 23.1 Å². The molecule has 19 heavy (non-hydrogen) atoms. The first-order valence-corrected chi connectivity index (χ1v) is 6.48. The number of nitrogens with two attached hydrogens (primary N) is 2. The number of primary amides is 2. The van der Waals surface area contributed by atoms with Crippen LogP contribution in [0.5, 0.6) is 0 Å². The number of urea groups is 1. The maximum absolute atomic E-state index is 11.3. The van der Waals surface area contributed by atoms with Crippen molar-refractivity contribution in [1.29, 1.82) is 0 Å². The Morgan fingerprint density at radius 1 is 1.21 bits per heavy atom. The van der Waals surface area contributed by atoms with Gasteiger partial charge >= 0.3 is 6.03 Å². The Bertz CT molecular complexity index is 654. The largest absolute Gasteiger partial charge is 0.366 e. The van der Waals surface area contributed by atoms with Gasteiger partial charge in [-0.1, -0.05) is 11.6 Å². The van der Waals surface area contributed by atoms with Crippen LogP contribution in [0.1, 0.15) is 10.4 Å². The molecule has 0 saturated heterocycles. The van der Waals surface area contributed by atoms with E-state index in [-0.39, 0.29) is 0 Å². The second kappa shape index (κ2) is 5.29. The van der Waals surface area contributed by atoms with Crippen LogP contribution in [0.3, 0.4) is 0 Å². The lowest BCUT2D eigenvalue weighted by atomic mass is 10.1. The van der Waals surface area contributed by atoms with Gasteiger partial charge in [-0.3, -0.25) is 4.79 Å². The van der Waals surface area contributed by atoms with Crippen LogP contribution in [0.4, 0.5) is 10.5 Å². The molecule has 1 heterocycles. The van der Waals surface area contributed by atoms with Crippen molar-refractivity contribution in [1.82, 2.24) is 0 Å². The summed E-state index contributed by atoms with van der Waals surface area (Å²) in [4.78, 5) is 23.0. The van der Waals surface area contributed by atoms with Gasteiger partial charge in [0.1, 0.15) is 0 Å². The molecule has 3 amide bonds. The Morgan fingerprint density at radius 2 is 1.95 bits per heavy atom. The maximum Gasteiger partial charge on any atom is 0.316 e. The lowest BCUT2D eigenvalue weighted by Gasteiger charge is -2.10. The molecule has 1 aromatic carbocycles. The first-order valence-electron chi connectivity index (χ1n) is 5.22. The Morgan fingerprint density at radius 3 is 2.58 bits per heavy atom. The Labute approximate surface area is 118 Å². The number of benzene rings is 1. The fourth-order valence-corrected chi connectivity index (χ4v) is 2.78. The molecule has 5 nitrogen and oxygen atoms in total. The Hall–Kier alpha value is -2.05. The smallest absolute Gasteiger partial charge is 0.316 e. The van der Waals surface area contributed by atoms with Crippen molar-refractivity contribution < 1.29 is 9.59 Å². The highest BCUT2D eigenvalue weighted by Crippen LogP contribution is 2.36. The van der Waals surface area contributed by atoms with Gasteiger partial charge in [-0.05, 0) is 29.6 Å². The molecule has 0 radical (unpaired) electrons. The predicted molar refractivity (Wildman–Crippen MR) is 76.5 cm³/mol. The summed E-state index contributed by atoms with van der Waals surface area (Å²) in [7, 11) is 0. The van der Waals surface area contributed by atoms with Crippen LogP contribution in [0.2, 0.25) is 5.02 Å². The van der Waals surface area contributed by atoms with Crippen LogP contribution in [-0.4, -0.2) is 11.9 Å². The molecule has 0 unspecified atom stereocenters. The van der Waals surface area contributed by atoms with Gasteiger partial charge in [0.2, 0.25) is 5.91 Å². The quantitative estimate of drug-likeness (QED) is 0.811. The summed E-state index contributed by atoms with van der Waals surface area (Å²) >= 11 is 7.23. The normalized spacial score (nSPS) is 10.2. The number of carbonyl (C=O) groups is 2. The predicted octanol–water partition coefficient (Wildman–Crippen LogP) is 2.66. The number of anilines is 1. The monoisotopic (exact) mass is 295 g/mol. The summed E-state index contributed by atoms with van der Waals surface area (Å²) in [6.07, 6.45) is 0. The van der Waals surface area contributed by atoms with Gasteiger partial charge in [0.05, 0.1) is 11.3 Å². The van der Waals surface area contributed by atoms with E-state index in [0.29, 0.717) is 26.7 Å². The van der Waals surface area contributed by atoms with E-state index in [1.165, 1.54) is 11.3 Å². The molecule has 7 heteroatoms. The van der Waals surface area contributed by atoms with Crippen molar-refractivity contribution in [2.75, 3.05) is 5.32 Å². The molecule has 1 aromatic heterocycles. The van der Waals surface area contributed by atoms with Crippen LogP contribution in [-0.2, 0) is 0 Å². The molecule has 0 aliphatic carbocycles. The standard InChI is InChI=1S/C12H10ClN3O2S/c13-6-1-2-7(9(5-6)16-12(15)18)10-8(11(14)17)3-4-19-10/h1-5H,(H2,14,17)(H3,15,16,18). The van der Waals surface area contributed by atoms with Crippen LogP contribution in [0.25, 0.3) is 10.4 Å². The number of carbonyl (C=O) groups excluding carboxylic acids is 2. The second-order valence-corrected chi connectivity index (χ2v) is 5.06. The summed E-state index contributed by atoms with van der Waals surface area (Å²) in [5, 5.41) is 4.67. The van der Waals surface area contributed by atoms with Crippen LogP contribution in [0, 0.1) is 0 Å². The van der Waals surface area contributed by atoms with E-state index in [2.05, 4.69) is 5.32 Å². The molecule has 0 aliphatic heterocycles. The van der Waals surface area contributed by atoms with Crippen molar-refractivity contribution in [3.05, 3.63) is 40.2 Å². The van der Waals surface area contributed by atoms with Crippen LogP contribution < -0.4 is 16.8 Å². The topological polar surface area (TPSA) is 98.2 Å². The second-order valence-electron chi connectivity index (χ2n) is 3.71. The molecule has 5 N–H and O–H groups in total. The van der Waals surface area contributed by atoms with Crippen LogP contribution >= 0.6 is 22.9 Å². The van der Waals surface area contributed by atoms with Gasteiger partial charge < -0.3 is 16.8 Å².